The van der Waals surface area contributed by atoms with E-state index in [0.717, 1.165) is 12.8 Å². The van der Waals surface area contributed by atoms with Crippen LogP contribution in [-0.4, -0.2) is 30.1 Å². The van der Waals surface area contributed by atoms with E-state index in [4.69, 9.17) is 9.47 Å². The van der Waals surface area contributed by atoms with Crippen LogP contribution < -0.4 is 15.0 Å². The van der Waals surface area contributed by atoms with Crippen LogP contribution in [0.5, 0.6) is 17.4 Å². The van der Waals surface area contributed by atoms with Crippen molar-refractivity contribution in [1.29, 1.82) is 0 Å². The van der Waals surface area contributed by atoms with Gasteiger partial charge in [0.25, 0.3) is 5.56 Å². The van der Waals surface area contributed by atoms with E-state index in [1.54, 1.807) is 0 Å². The molecule has 2 N–H and O–H groups in total. The fraction of sp³-hybridized carbons (Fsp3) is 0.455. The fourth-order valence-corrected chi connectivity index (χ4v) is 1.66. The zero-order valence-electron chi connectivity index (χ0n) is 9.57. The number of carbonyl (C=O) groups is 1. The van der Waals surface area contributed by atoms with Gasteiger partial charge in [0.1, 0.15) is 5.56 Å². The van der Waals surface area contributed by atoms with E-state index in [2.05, 4.69) is 4.98 Å². The molecule has 6 heteroatoms. The van der Waals surface area contributed by atoms with Crippen LogP contribution in [0.3, 0.4) is 0 Å². The van der Waals surface area contributed by atoms with Gasteiger partial charge in [-0.05, 0) is 12.8 Å². The molecule has 17 heavy (non-hydrogen) atoms. The Balaban J connectivity index is 2.59. The standard InChI is InChI=1S/C11H13NO5/c1-16-9-8(14)6(7(13)5-3-4-5)10(15)12-11(9)17-2/h5H,3-4H2,1-2H3,(H2,12,14,15). The summed E-state index contributed by atoms with van der Waals surface area (Å²) in [4.78, 5) is 25.9. The number of aromatic hydroxyl groups is 1. The highest BCUT2D eigenvalue weighted by Crippen LogP contribution is 2.39. The minimum atomic E-state index is -0.656. The summed E-state index contributed by atoms with van der Waals surface area (Å²) in [6.07, 6.45) is 1.51. The van der Waals surface area contributed by atoms with Crippen molar-refractivity contribution in [2.45, 2.75) is 12.8 Å². The Morgan fingerprint density at radius 1 is 1.35 bits per heavy atom. The highest BCUT2D eigenvalue weighted by molar-refractivity contribution is 6.02. The van der Waals surface area contributed by atoms with Crippen LogP contribution >= 0.6 is 0 Å². The third-order valence-electron chi connectivity index (χ3n) is 2.72. The SMILES string of the molecule is COc1[nH]c(=O)c(C(=O)C2CC2)c(O)c1OC. The second-order valence-corrected chi connectivity index (χ2v) is 3.88. The summed E-state index contributed by atoms with van der Waals surface area (Å²) in [5.74, 6) is -0.978. The topological polar surface area (TPSA) is 88.6 Å². The number of ketones is 1. The van der Waals surface area contributed by atoms with Crippen LogP contribution in [-0.2, 0) is 0 Å². The molecule has 1 aromatic rings. The first kappa shape index (κ1) is 11.5. The third-order valence-corrected chi connectivity index (χ3v) is 2.72. The first-order valence-corrected chi connectivity index (χ1v) is 5.21. The molecule has 92 valence electrons. The summed E-state index contributed by atoms with van der Waals surface area (Å²) in [5, 5.41) is 9.88. The molecule has 1 aliphatic rings. The first-order valence-electron chi connectivity index (χ1n) is 5.21. The van der Waals surface area contributed by atoms with Crippen molar-refractivity contribution in [2.24, 2.45) is 5.92 Å². The molecule has 0 amide bonds. The molecule has 1 heterocycles. The van der Waals surface area contributed by atoms with Gasteiger partial charge in [0.05, 0.1) is 14.2 Å². The number of rotatable bonds is 4. The van der Waals surface area contributed by atoms with E-state index in [-0.39, 0.29) is 28.9 Å². The van der Waals surface area contributed by atoms with Crippen LogP contribution in [0.15, 0.2) is 4.79 Å². The highest BCUT2D eigenvalue weighted by Gasteiger charge is 2.35. The Kier molecular flexibility index (Phi) is 2.79. The van der Waals surface area contributed by atoms with Gasteiger partial charge < -0.3 is 14.6 Å². The minimum Gasteiger partial charge on any atom is -0.503 e. The number of Topliss-reactive ketones (excluding diaryl/α,β-unsaturated/α-hetero) is 1. The van der Waals surface area contributed by atoms with E-state index < -0.39 is 11.3 Å². The van der Waals surface area contributed by atoms with Crippen LogP contribution in [0.2, 0.25) is 0 Å². The molecule has 0 aliphatic heterocycles. The summed E-state index contributed by atoms with van der Waals surface area (Å²) < 4.78 is 9.77. The molecule has 0 aromatic carbocycles. The van der Waals surface area contributed by atoms with Crippen molar-refractivity contribution >= 4 is 5.78 Å². The zero-order valence-corrected chi connectivity index (χ0v) is 9.57. The predicted molar refractivity (Wildman–Crippen MR) is 58.9 cm³/mol. The molecule has 1 fully saturated rings. The summed E-state index contributed by atoms with van der Waals surface area (Å²) in [6.45, 7) is 0. The monoisotopic (exact) mass is 239 g/mol. The van der Waals surface area contributed by atoms with Gasteiger partial charge in [-0.25, -0.2) is 0 Å². The maximum absolute atomic E-state index is 11.8. The molecule has 2 rings (SSSR count). The lowest BCUT2D eigenvalue weighted by atomic mass is 10.1. The smallest absolute Gasteiger partial charge is 0.265 e. The molecule has 0 bridgehead atoms. The number of hydrogen-bond acceptors (Lipinski definition) is 5. The number of H-pyrrole nitrogens is 1. The van der Waals surface area contributed by atoms with Gasteiger partial charge in [-0.2, -0.15) is 0 Å². The molecule has 0 saturated heterocycles. The first-order chi connectivity index (χ1) is 8.10. The lowest BCUT2D eigenvalue weighted by molar-refractivity contribution is 0.0962. The van der Waals surface area contributed by atoms with Crippen LogP contribution in [0.25, 0.3) is 0 Å². The maximum Gasteiger partial charge on any atom is 0.265 e. The van der Waals surface area contributed by atoms with Gasteiger partial charge in [0.2, 0.25) is 11.6 Å². The number of aromatic nitrogens is 1. The Hall–Kier alpha value is -1.98. The Bertz CT molecular complexity index is 515. The van der Waals surface area contributed by atoms with Crippen molar-refractivity contribution in [3.63, 3.8) is 0 Å². The average molecular weight is 239 g/mol. The van der Waals surface area contributed by atoms with E-state index in [9.17, 15) is 14.7 Å². The Morgan fingerprint density at radius 3 is 2.47 bits per heavy atom. The second-order valence-electron chi connectivity index (χ2n) is 3.88. The quantitative estimate of drug-likeness (QED) is 0.754. The van der Waals surface area contributed by atoms with Crippen molar-refractivity contribution in [3.05, 3.63) is 15.9 Å². The Labute approximate surface area is 97.2 Å². The van der Waals surface area contributed by atoms with Gasteiger partial charge in [-0.1, -0.05) is 0 Å². The average Bonchev–Trinajstić information content (AvgIpc) is 3.11. The van der Waals surface area contributed by atoms with Crippen molar-refractivity contribution in [1.82, 2.24) is 4.98 Å². The summed E-state index contributed by atoms with van der Waals surface area (Å²) in [6, 6.07) is 0. The number of nitrogens with one attached hydrogen (secondary N) is 1. The van der Waals surface area contributed by atoms with Gasteiger partial charge in [0, 0.05) is 5.92 Å². The van der Waals surface area contributed by atoms with Gasteiger partial charge in [-0.3, -0.25) is 14.6 Å². The molecule has 1 aliphatic carbocycles. The molecule has 0 atom stereocenters. The molecule has 1 saturated carbocycles. The normalized spacial score (nSPS) is 14.5. The maximum atomic E-state index is 11.8. The van der Waals surface area contributed by atoms with Crippen LogP contribution in [0.1, 0.15) is 23.2 Å². The number of hydrogen-bond donors (Lipinski definition) is 2. The molecular formula is C11H13NO5. The van der Waals surface area contributed by atoms with Gasteiger partial charge in [0.15, 0.2) is 11.5 Å². The van der Waals surface area contributed by atoms with Gasteiger partial charge >= 0.3 is 0 Å². The number of aromatic amines is 1. The van der Waals surface area contributed by atoms with Gasteiger partial charge in [-0.15, -0.1) is 0 Å². The number of ether oxygens (including phenoxy) is 2. The summed E-state index contributed by atoms with van der Waals surface area (Å²) in [5.41, 5.74) is -0.901. The summed E-state index contributed by atoms with van der Waals surface area (Å²) >= 11 is 0. The lowest BCUT2D eigenvalue weighted by Crippen LogP contribution is -2.20. The van der Waals surface area contributed by atoms with Crippen LogP contribution in [0, 0.1) is 5.92 Å². The van der Waals surface area contributed by atoms with Crippen molar-refractivity contribution in [2.75, 3.05) is 14.2 Å². The number of methoxy groups -OCH3 is 2. The molecular weight excluding hydrogens is 226 g/mol. The molecule has 1 aromatic heterocycles. The molecule has 6 nitrogen and oxygen atoms in total. The van der Waals surface area contributed by atoms with E-state index in [0.29, 0.717) is 0 Å². The Morgan fingerprint density at radius 2 is 2.00 bits per heavy atom. The van der Waals surface area contributed by atoms with Crippen molar-refractivity contribution < 1.29 is 19.4 Å². The summed E-state index contributed by atoms with van der Waals surface area (Å²) in [7, 11) is 2.65. The zero-order chi connectivity index (χ0) is 12.6. The number of carbonyl (C=O) groups excluding carboxylic acids is 1. The highest BCUT2D eigenvalue weighted by atomic mass is 16.5. The van der Waals surface area contributed by atoms with E-state index >= 15 is 0 Å². The van der Waals surface area contributed by atoms with E-state index in [1.807, 2.05) is 0 Å². The third kappa shape index (κ3) is 1.86. The number of pyridine rings is 1. The van der Waals surface area contributed by atoms with Crippen molar-refractivity contribution in [3.8, 4) is 17.4 Å². The van der Waals surface area contributed by atoms with Crippen LogP contribution in [0.4, 0.5) is 0 Å². The lowest BCUT2D eigenvalue weighted by Gasteiger charge is -2.11. The molecule has 0 spiro atoms. The fourth-order valence-electron chi connectivity index (χ4n) is 1.66. The predicted octanol–water partition coefficient (Wildman–Crippen LogP) is 0.690. The van der Waals surface area contributed by atoms with E-state index in [1.165, 1.54) is 14.2 Å². The molecule has 0 radical (unpaired) electrons. The second kappa shape index (κ2) is 4.12. The largest absolute Gasteiger partial charge is 0.503 e. The molecule has 0 unspecified atom stereocenters. The minimum absolute atomic E-state index is 0.00217.